The predicted octanol–water partition coefficient (Wildman–Crippen LogP) is 4.51. The minimum Gasteiger partial charge on any atom is -0.347 e. The number of hydrogen-bond acceptors (Lipinski definition) is 2. The Morgan fingerprint density at radius 1 is 1.39 bits per heavy atom. The van der Waals surface area contributed by atoms with Crippen molar-refractivity contribution in [3.63, 3.8) is 0 Å². The molecule has 2 aromatic rings. The van der Waals surface area contributed by atoms with Gasteiger partial charge in [0.25, 0.3) is 5.91 Å². The summed E-state index contributed by atoms with van der Waals surface area (Å²) in [5.41, 5.74) is 1.73. The van der Waals surface area contributed by atoms with Crippen LogP contribution in [-0.2, 0) is 6.54 Å². The molecule has 0 saturated carbocycles. The summed E-state index contributed by atoms with van der Waals surface area (Å²) < 4.78 is 1.91. The van der Waals surface area contributed by atoms with Crippen LogP contribution < -0.4 is 5.32 Å². The highest BCUT2D eigenvalue weighted by Crippen LogP contribution is 2.22. The zero-order chi connectivity index (χ0) is 13.1. The zero-order valence-electron chi connectivity index (χ0n) is 9.67. The van der Waals surface area contributed by atoms with Gasteiger partial charge in [0.15, 0.2) is 0 Å². The normalized spacial score (nSPS) is 10.4. The molecule has 1 aromatic heterocycles. The Morgan fingerprint density at radius 3 is 2.83 bits per heavy atom. The third kappa shape index (κ3) is 3.22. The van der Waals surface area contributed by atoms with Crippen molar-refractivity contribution in [3.05, 3.63) is 54.6 Å². The summed E-state index contributed by atoms with van der Waals surface area (Å²) >= 11 is 8.46. The molecule has 0 radical (unpaired) electrons. The fraction of sp³-hybridized carbons (Fsp3) is 0.154. The Morgan fingerprint density at radius 2 is 2.17 bits per heavy atom. The Labute approximate surface area is 127 Å². The van der Waals surface area contributed by atoms with E-state index in [0.717, 1.165) is 19.4 Å². The Kier molecular flexibility index (Phi) is 4.59. The molecule has 0 aliphatic rings. The van der Waals surface area contributed by atoms with Gasteiger partial charge in [0, 0.05) is 19.2 Å². The van der Waals surface area contributed by atoms with Crippen molar-refractivity contribution < 1.29 is 4.79 Å². The molecule has 0 fully saturated rings. The summed E-state index contributed by atoms with van der Waals surface area (Å²) in [5.74, 6) is -0.0601. The molecule has 0 unspecified atom stereocenters. The van der Waals surface area contributed by atoms with E-state index in [2.05, 4.69) is 37.2 Å². The van der Waals surface area contributed by atoms with Crippen LogP contribution in [0.5, 0.6) is 0 Å². The molecule has 1 amide bonds. The second kappa shape index (κ2) is 5.99. The van der Waals surface area contributed by atoms with Crippen LogP contribution in [0.4, 0.5) is 0 Å². The van der Waals surface area contributed by atoms with Gasteiger partial charge >= 0.3 is 0 Å². The minimum absolute atomic E-state index is 0.0601. The molecule has 0 aliphatic heterocycles. The lowest BCUT2D eigenvalue weighted by molar-refractivity contribution is 0.0950. The molecular formula is C13H11Br2NOS. The number of thiophene rings is 1. The summed E-state index contributed by atoms with van der Waals surface area (Å²) in [6.07, 6.45) is 0. The van der Waals surface area contributed by atoms with Crippen molar-refractivity contribution in [1.82, 2.24) is 5.32 Å². The maximum Gasteiger partial charge on any atom is 0.252 e. The topological polar surface area (TPSA) is 29.1 Å². The highest BCUT2D eigenvalue weighted by atomic mass is 79.9. The minimum atomic E-state index is -0.0601. The van der Waals surface area contributed by atoms with Gasteiger partial charge in [0.2, 0.25) is 0 Å². The fourth-order valence-corrected chi connectivity index (χ4v) is 3.37. The van der Waals surface area contributed by atoms with Crippen LogP contribution in [-0.4, -0.2) is 5.91 Å². The summed E-state index contributed by atoms with van der Waals surface area (Å²) in [7, 11) is 0. The number of aryl methyl sites for hydroxylation is 1. The van der Waals surface area contributed by atoms with Gasteiger partial charge in [-0.2, -0.15) is 0 Å². The maximum atomic E-state index is 12.0. The highest BCUT2D eigenvalue weighted by Gasteiger charge is 2.11. The number of carbonyl (C=O) groups is 1. The SMILES string of the molecule is Cc1cccc(C(=O)NCc2cc(Br)cs2)c1Br. The molecular weight excluding hydrogens is 378 g/mol. The second-order valence-corrected chi connectivity index (χ2v) is 6.55. The smallest absolute Gasteiger partial charge is 0.252 e. The van der Waals surface area contributed by atoms with E-state index in [1.807, 2.05) is 36.6 Å². The van der Waals surface area contributed by atoms with Gasteiger partial charge in [0.1, 0.15) is 0 Å². The van der Waals surface area contributed by atoms with Gasteiger partial charge in [-0.15, -0.1) is 11.3 Å². The van der Waals surface area contributed by atoms with Crippen LogP contribution in [0.2, 0.25) is 0 Å². The first kappa shape index (κ1) is 13.8. The molecule has 0 aliphatic carbocycles. The van der Waals surface area contributed by atoms with Crippen molar-refractivity contribution in [1.29, 1.82) is 0 Å². The summed E-state index contributed by atoms with van der Waals surface area (Å²) in [5, 5.41) is 4.92. The highest BCUT2D eigenvalue weighted by molar-refractivity contribution is 9.10. The van der Waals surface area contributed by atoms with Crippen LogP contribution in [0.1, 0.15) is 20.8 Å². The van der Waals surface area contributed by atoms with Crippen LogP contribution in [0.15, 0.2) is 38.6 Å². The maximum absolute atomic E-state index is 12.0. The van der Waals surface area contributed by atoms with E-state index in [9.17, 15) is 4.79 Å². The van der Waals surface area contributed by atoms with Gasteiger partial charge in [-0.3, -0.25) is 4.79 Å². The standard InChI is InChI=1S/C13H11Br2NOS/c1-8-3-2-4-11(12(8)15)13(17)16-6-10-5-9(14)7-18-10/h2-5,7H,6H2,1H3,(H,16,17). The molecule has 94 valence electrons. The van der Waals surface area contributed by atoms with Crippen LogP contribution in [0.3, 0.4) is 0 Å². The molecule has 0 spiro atoms. The van der Waals surface area contributed by atoms with Gasteiger partial charge < -0.3 is 5.32 Å². The third-order valence-corrected chi connectivity index (χ3v) is 5.23. The van der Waals surface area contributed by atoms with Gasteiger partial charge in [-0.1, -0.05) is 12.1 Å². The monoisotopic (exact) mass is 387 g/mol. The molecule has 2 rings (SSSR count). The number of amides is 1. The van der Waals surface area contributed by atoms with E-state index in [0.29, 0.717) is 12.1 Å². The van der Waals surface area contributed by atoms with E-state index in [-0.39, 0.29) is 5.91 Å². The lowest BCUT2D eigenvalue weighted by Gasteiger charge is -2.07. The molecule has 0 bridgehead atoms. The van der Waals surface area contributed by atoms with Gasteiger partial charge in [0.05, 0.1) is 12.1 Å². The van der Waals surface area contributed by atoms with E-state index < -0.39 is 0 Å². The number of hydrogen-bond donors (Lipinski definition) is 1. The Bertz CT molecular complexity index is 580. The molecule has 0 saturated heterocycles. The predicted molar refractivity (Wildman–Crippen MR) is 82.1 cm³/mol. The summed E-state index contributed by atoms with van der Waals surface area (Å²) in [6.45, 7) is 2.52. The third-order valence-electron chi connectivity index (χ3n) is 2.48. The van der Waals surface area contributed by atoms with E-state index >= 15 is 0 Å². The molecule has 2 nitrogen and oxygen atoms in total. The first-order chi connectivity index (χ1) is 8.58. The average Bonchev–Trinajstić information content (AvgIpc) is 2.76. The first-order valence-electron chi connectivity index (χ1n) is 5.34. The van der Waals surface area contributed by atoms with Crippen molar-refractivity contribution in [2.45, 2.75) is 13.5 Å². The zero-order valence-corrected chi connectivity index (χ0v) is 13.7. The largest absolute Gasteiger partial charge is 0.347 e. The van der Waals surface area contributed by atoms with Gasteiger partial charge in [-0.05, 0) is 56.5 Å². The lowest BCUT2D eigenvalue weighted by Crippen LogP contribution is -2.22. The second-order valence-electron chi connectivity index (χ2n) is 3.85. The number of nitrogens with one attached hydrogen (secondary N) is 1. The fourth-order valence-electron chi connectivity index (χ4n) is 1.53. The van der Waals surface area contributed by atoms with E-state index in [1.165, 1.54) is 0 Å². The summed E-state index contributed by atoms with van der Waals surface area (Å²) in [6, 6.07) is 7.68. The quantitative estimate of drug-likeness (QED) is 0.823. The van der Waals surface area contributed by atoms with E-state index in [1.54, 1.807) is 11.3 Å². The van der Waals surface area contributed by atoms with Crippen molar-refractivity contribution >= 4 is 49.1 Å². The van der Waals surface area contributed by atoms with Crippen LogP contribution in [0, 0.1) is 6.92 Å². The van der Waals surface area contributed by atoms with Crippen molar-refractivity contribution in [2.75, 3.05) is 0 Å². The lowest BCUT2D eigenvalue weighted by atomic mass is 10.1. The molecule has 1 N–H and O–H groups in total. The molecule has 1 aromatic carbocycles. The number of halogens is 2. The molecule has 1 heterocycles. The molecule has 18 heavy (non-hydrogen) atoms. The first-order valence-corrected chi connectivity index (χ1v) is 7.80. The van der Waals surface area contributed by atoms with Crippen LogP contribution in [0.25, 0.3) is 0 Å². The number of rotatable bonds is 3. The molecule has 0 atom stereocenters. The number of carbonyl (C=O) groups excluding carboxylic acids is 1. The van der Waals surface area contributed by atoms with E-state index in [4.69, 9.17) is 0 Å². The summed E-state index contributed by atoms with van der Waals surface area (Å²) in [4.78, 5) is 13.2. The van der Waals surface area contributed by atoms with Crippen molar-refractivity contribution in [3.8, 4) is 0 Å². The average molecular weight is 389 g/mol. The van der Waals surface area contributed by atoms with Gasteiger partial charge in [-0.25, -0.2) is 0 Å². The van der Waals surface area contributed by atoms with Crippen molar-refractivity contribution in [2.24, 2.45) is 0 Å². The Balaban J connectivity index is 2.06. The number of benzene rings is 1. The Hall–Kier alpha value is -0.650. The van der Waals surface area contributed by atoms with Crippen LogP contribution >= 0.6 is 43.2 Å². The molecule has 5 heteroatoms.